The highest BCUT2D eigenvalue weighted by molar-refractivity contribution is 9.10. The minimum Gasteiger partial charge on any atom is -0.497 e. The Bertz CT molecular complexity index is 782. The van der Waals surface area contributed by atoms with Crippen LogP contribution in [0.25, 0.3) is 11.0 Å². The van der Waals surface area contributed by atoms with Crippen molar-refractivity contribution >= 4 is 27.0 Å². The zero-order valence-corrected chi connectivity index (χ0v) is 13.3. The van der Waals surface area contributed by atoms with E-state index in [0.717, 1.165) is 32.4 Å². The third-order valence-electron chi connectivity index (χ3n) is 3.53. The molecule has 108 valence electrons. The fourth-order valence-corrected chi connectivity index (χ4v) is 2.83. The number of aromatic nitrogens is 2. The number of rotatable bonds is 4. The molecule has 0 saturated carbocycles. The number of hydrogen-bond donors (Lipinski definition) is 1. The summed E-state index contributed by atoms with van der Waals surface area (Å²) in [4.78, 5) is 4.48. The van der Waals surface area contributed by atoms with Crippen LogP contribution >= 0.6 is 15.9 Å². The Morgan fingerprint density at radius 2 is 2.14 bits per heavy atom. The van der Waals surface area contributed by atoms with E-state index in [1.807, 2.05) is 24.3 Å². The van der Waals surface area contributed by atoms with Crippen LogP contribution in [0.4, 0.5) is 0 Å². The van der Waals surface area contributed by atoms with Gasteiger partial charge in [0.2, 0.25) is 0 Å². The Kier molecular flexibility index (Phi) is 3.94. The molecular formula is C16H16BrN3O. The van der Waals surface area contributed by atoms with Crippen LogP contribution in [0.5, 0.6) is 5.75 Å². The van der Waals surface area contributed by atoms with Gasteiger partial charge in [-0.2, -0.15) is 0 Å². The number of benzene rings is 1. The molecule has 3 aromatic rings. The monoisotopic (exact) mass is 345 g/mol. The van der Waals surface area contributed by atoms with Crippen LogP contribution in [0, 0.1) is 0 Å². The van der Waals surface area contributed by atoms with Gasteiger partial charge in [0.05, 0.1) is 13.7 Å². The highest BCUT2D eigenvalue weighted by Crippen LogP contribution is 2.26. The Balaban J connectivity index is 2.06. The maximum Gasteiger partial charge on any atom is 0.140 e. The van der Waals surface area contributed by atoms with Gasteiger partial charge >= 0.3 is 0 Å². The fourth-order valence-electron chi connectivity index (χ4n) is 2.46. The number of halogens is 1. The molecule has 0 unspecified atom stereocenters. The molecule has 0 saturated heterocycles. The van der Waals surface area contributed by atoms with Crippen molar-refractivity contribution in [1.82, 2.24) is 9.55 Å². The normalized spacial score (nSPS) is 11.0. The molecule has 2 heterocycles. The first-order valence-electron chi connectivity index (χ1n) is 6.68. The Morgan fingerprint density at radius 1 is 1.29 bits per heavy atom. The summed E-state index contributed by atoms with van der Waals surface area (Å²) in [6, 6.07) is 9.96. The third-order valence-corrected chi connectivity index (χ3v) is 4.30. The van der Waals surface area contributed by atoms with E-state index < -0.39 is 0 Å². The first kappa shape index (κ1) is 14.1. The minimum absolute atomic E-state index is 0.508. The molecule has 0 aliphatic heterocycles. The number of nitrogens with two attached hydrogens (primary N) is 1. The largest absolute Gasteiger partial charge is 0.497 e. The van der Waals surface area contributed by atoms with Crippen molar-refractivity contribution in [1.29, 1.82) is 0 Å². The smallest absolute Gasteiger partial charge is 0.140 e. The van der Waals surface area contributed by atoms with Crippen molar-refractivity contribution in [3.8, 4) is 5.75 Å². The van der Waals surface area contributed by atoms with Gasteiger partial charge in [-0.05, 0) is 41.5 Å². The molecule has 1 aromatic carbocycles. The number of nitrogens with zero attached hydrogens (tertiary/aromatic N) is 2. The maximum atomic E-state index is 5.83. The summed E-state index contributed by atoms with van der Waals surface area (Å²) >= 11 is 3.59. The second kappa shape index (κ2) is 5.87. The molecule has 2 N–H and O–H groups in total. The first-order valence-corrected chi connectivity index (χ1v) is 7.47. The van der Waals surface area contributed by atoms with E-state index in [1.165, 1.54) is 0 Å². The molecule has 0 aliphatic rings. The van der Waals surface area contributed by atoms with E-state index >= 15 is 0 Å². The van der Waals surface area contributed by atoms with Crippen molar-refractivity contribution in [3.05, 3.63) is 58.3 Å². The SMILES string of the molecule is COc1ccc(Br)c(Cn2cc(CN)c3cccnc32)c1. The highest BCUT2D eigenvalue weighted by Gasteiger charge is 2.10. The standard InChI is InChI=1S/C16H16BrN3O/c1-21-13-4-5-15(17)11(7-13)9-20-10-12(8-18)14-3-2-6-19-16(14)20/h2-7,10H,8-9,18H2,1H3. The molecule has 0 radical (unpaired) electrons. The van der Waals surface area contributed by atoms with Crippen molar-refractivity contribution in [2.75, 3.05) is 7.11 Å². The van der Waals surface area contributed by atoms with Crippen LogP contribution in [0.2, 0.25) is 0 Å². The second-order valence-electron chi connectivity index (χ2n) is 4.82. The van der Waals surface area contributed by atoms with E-state index in [1.54, 1.807) is 13.3 Å². The van der Waals surface area contributed by atoms with Crippen LogP contribution in [-0.2, 0) is 13.1 Å². The Morgan fingerprint density at radius 3 is 2.90 bits per heavy atom. The lowest BCUT2D eigenvalue weighted by molar-refractivity contribution is 0.414. The van der Waals surface area contributed by atoms with Gasteiger partial charge in [0.1, 0.15) is 11.4 Å². The maximum absolute atomic E-state index is 5.83. The molecule has 4 nitrogen and oxygen atoms in total. The summed E-state index contributed by atoms with van der Waals surface area (Å²) in [5.74, 6) is 0.844. The van der Waals surface area contributed by atoms with Gasteiger partial charge in [-0.15, -0.1) is 0 Å². The number of pyridine rings is 1. The highest BCUT2D eigenvalue weighted by atomic mass is 79.9. The van der Waals surface area contributed by atoms with Gasteiger partial charge in [-0.1, -0.05) is 15.9 Å². The van der Waals surface area contributed by atoms with Crippen LogP contribution in [-0.4, -0.2) is 16.7 Å². The minimum atomic E-state index is 0.508. The molecule has 0 fully saturated rings. The molecule has 0 amide bonds. The number of fused-ring (bicyclic) bond motifs is 1. The van der Waals surface area contributed by atoms with Gasteiger partial charge < -0.3 is 15.0 Å². The van der Waals surface area contributed by atoms with Gasteiger partial charge in [0.15, 0.2) is 0 Å². The van der Waals surface area contributed by atoms with Crippen molar-refractivity contribution in [3.63, 3.8) is 0 Å². The van der Waals surface area contributed by atoms with Gasteiger partial charge in [0, 0.05) is 28.8 Å². The van der Waals surface area contributed by atoms with Gasteiger partial charge in [0.25, 0.3) is 0 Å². The molecule has 3 rings (SSSR count). The molecule has 0 bridgehead atoms. The molecule has 0 spiro atoms. The van der Waals surface area contributed by atoms with Gasteiger partial charge in [-0.3, -0.25) is 0 Å². The van der Waals surface area contributed by atoms with Crippen LogP contribution in [0.1, 0.15) is 11.1 Å². The predicted molar refractivity (Wildman–Crippen MR) is 87.4 cm³/mol. The lowest BCUT2D eigenvalue weighted by Gasteiger charge is -2.09. The summed E-state index contributed by atoms with van der Waals surface area (Å²) in [5.41, 5.74) is 9.03. The Hall–Kier alpha value is -1.85. The molecule has 5 heteroatoms. The summed E-state index contributed by atoms with van der Waals surface area (Å²) in [6.45, 7) is 1.22. The molecule has 0 atom stereocenters. The quantitative estimate of drug-likeness (QED) is 0.789. The third kappa shape index (κ3) is 2.66. The lowest BCUT2D eigenvalue weighted by Crippen LogP contribution is -2.01. The van der Waals surface area contributed by atoms with E-state index in [2.05, 4.69) is 37.7 Å². The van der Waals surface area contributed by atoms with Crippen molar-refractivity contribution in [2.45, 2.75) is 13.1 Å². The van der Waals surface area contributed by atoms with E-state index in [-0.39, 0.29) is 0 Å². The molecule has 21 heavy (non-hydrogen) atoms. The molecule has 2 aromatic heterocycles. The molecule has 0 aliphatic carbocycles. The van der Waals surface area contributed by atoms with E-state index in [9.17, 15) is 0 Å². The van der Waals surface area contributed by atoms with Crippen LogP contribution < -0.4 is 10.5 Å². The summed E-state index contributed by atoms with van der Waals surface area (Å²) in [6.07, 6.45) is 3.88. The zero-order chi connectivity index (χ0) is 14.8. The predicted octanol–water partition coefficient (Wildman–Crippen LogP) is 3.31. The van der Waals surface area contributed by atoms with Crippen LogP contribution in [0.3, 0.4) is 0 Å². The van der Waals surface area contributed by atoms with E-state index in [4.69, 9.17) is 10.5 Å². The zero-order valence-electron chi connectivity index (χ0n) is 11.7. The first-order chi connectivity index (χ1) is 10.2. The second-order valence-corrected chi connectivity index (χ2v) is 5.67. The number of hydrogen-bond acceptors (Lipinski definition) is 3. The number of methoxy groups -OCH3 is 1. The molecular weight excluding hydrogens is 330 g/mol. The van der Waals surface area contributed by atoms with Crippen molar-refractivity contribution in [2.24, 2.45) is 5.73 Å². The fraction of sp³-hybridized carbons (Fsp3) is 0.188. The average molecular weight is 346 g/mol. The van der Waals surface area contributed by atoms with Crippen molar-refractivity contribution < 1.29 is 4.74 Å². The van der Waals surface area contributed by atoms with Crippen LogP contribution in [0.15, 0.2) is 47.2 Å². The average Bonchev–Trinajstić information content (AvgIpc) is 2.88. The Labute approximate surface area is 131 Å². The summed E-state index contributed by atoms with van der Waals surface area (Å²) < 4.78 is 8.47. The number of ether oxygens (including phenoxy) is 1. The summed E-state index contributed by atoms with van der Waals surface area (Å²) in [7, 11) is 1.67. The van der Waals surface area contributed by atoms with E-state index in [0.29, 0.717) is 13.1 Å². The summed E-state index contributed by atoms with van der Waals surface area (Å²) in [5, 5.41) is 1.11. The van der Waals surface area contributed by atoms with Gasteiger partial charge in [-0.25, -0.2) is 4.98 Å². The lowest BCUT2D eigenvalue weighted by atomic mass is 10.2. The topological polar surface area (TPSA) is 53.1 Å².